The largest absolute Gasteiger partial charge is 0.481 e. The van der Waals surface area contributed by atoms with Crippen LogP contribution in [0.4, 0.5) is 0 Å². The van der Waals surface area contributed by atoms with Crippen molar-refractivity contribution in [1.82, 2.24) is 10.2 Å². The molecule has 2 heterocycles. The number of aryl methyl sites for hydroxylation is 4. The first-order valence-corrected chi connectivity index (χ1v) is 26.1. The maximum Gasteiger partial charge on any atom is 0.309 e. The summed E-state index contributed by atoms with van der Waals surface area (Å²) in [6, 6.07) is 25.7. The first kappa shape index (κ1) is 56.3. The number of nitrogens with one attached hydrogen (secondary N) is 1. The molecule has 2 saturated carbocycles. The minimum atomic E-state index is -0.690. The van der Waals surface area contributed by atoms with Crippen LogP contribution in [0.2, 0.25) is 6.82 Å². The number of carbonyl (C=O) groups is 3. The Kier molecular flexibility index (Phi) is 23.1. The normalized spacial score (nSPS) is 16.9. The number of hydrogen-bond acceptors (Lipinski definition) is 9. The van der Waals surface area contributed by atoms with E-state index in [9.17, 15) is 14.4 Å². The van der Waals surface area contributed by atoms with Crippen molar-refractivity contribution in [3.63, 3.8) is 0 Å². The smallest absolute Gasteiger partial charge is 0.309 e. The second-order valence-electron chi connectivity index (χ2n) is 19.6. The van der Waals surface area contributed by atoms with Gasteiger partial charge in [0.25, 0.3) is 0 Å². The van der Waals surface area contributed by atoms with Crippen molar-refractivity contribution < 1.29 is 34.3 Å². The minimum Gasteiger partial charge on any atom is -0.481 e. The molecule has 0 aromatic heterocycles. The lowest BCUT2D eigenvalue weighted by atomic mass is 9.82. The molecule has 4 aliphatic rings. The molecule has 11 nitrogen and oxygen atoms in total. The van der Waals surface area contributed by atoms with Crippen molar-refractivity contribution in [2.45, 2.75) is 157 Å². The van der Waals surface area contributed by atoms with Crippen molar-refractivity contribution in [2.75, 3.05) is 26.2 Å². The summed E-state index contributed by atoms with van der Waals surface area (Å²) >= 11 is 0. The van der Waals surface area contributed by atoms with E-state index in [1.54, 1.807) is 0 Å². The molecule has 2 aliphatic heterocycles. The Bertz CT molecular complexity index is 2410. The third-order valence-electron chi connectivity index (χ3n) is 14.5. The van der Waals surface area contributed by atoms with Gasteiger partial charge in [0.2, 0.25) is 0 Å². The number of nitrogens with zero attached hydrogens (tertiary/aromatic N) is 3. The molecule has 0 bridgehead atoms. The number of aldehydes is 1. The van der Waals surface area contributed by atoms with Gasteiger partial charge in [-0.2, -0.15) is 0 Å². The summed E-state index contributed by atoms with van der Waals surface area (Å²) < 4.78 is 0. The van der Waals surface area contributed by atoms with Crippen molar-refractivity contribution in [2.24, 2.45) is 22.1 Å². The van der Waals surface area contributed by atoms with Crippen LogP contribution in [0.1, 0.15) is 175 Å². The van der Waals surface area contributed by atoms with Crippen LogP contribution in [0.3, 0.4) is 0 Å². The summed E-state index contributed by atoms with van der Waals surface area (Å²) in [4.78, 5) is 45.6. The molecule has 380 valence electrons. The quantitative estimate of drug-likeness (QED) is 0.0407. The van der Waals surface area contributed by atoms with Crippen LogP contribution in [0.15, 0.2) is 83.1 Å². The number of carboxylic acids is 2. The van der Waals surface area contributed by atoms with Crippen LogP contribution >= 0.6 is 0 Å². The van der Waals surface area contributed by atoms with Crippen molar-refractivity contribution in [1.29, 1.82) is 0 Å². The Morgan fingerprint density at radius 1 is 0.648 bits per heavy atom. The lowest BCUT2D eigenvalue weighted by Crippen LogP contribution is -2.49. The van der Waals surface area contributed by atoms with E-state index in [-0.39, 0.29) is 11.8 Å². The molecule has 3 N–H and O–H groups in total. The fourth-order valence-corrected chi connectivity index (χ4v) is 10.1. The summed E-state index contributed by atoms with van der Waals surface area (Å²) in [5, 5.41) is 28.8. The Morgan fingerprint density at radius 3 is 1.51 bits per heavy atom. The van der Waals surface area contributed by atoms with E-state index >= 15 is 0 Å². The Labute approximate surface area is 425 Å². The van der Waals surface area contributed by atoms with E-state index in [4.69, 9.17) is 19.9 Å². The molecular weight excluding hydrogens is 887 g/mol. The van der Waals surface area contributed by atoms with Gasteiger partial charge < -0.3 is 25.2 Å². The monoisotopic (exact) mass is 967 g/mol. The second kappa shape index (κ2) is 29.1. The zero-order valence-corrected chi connectivity index (χ0v) is 43.6. The molecule has 8 rings (SSSR count). The van der Waals surface area contributed by atoms with Crippen LogP contribution in [0, 0.1) is 25.7 Å². The number of oxime groups is 2. The molecule has 0 spiro atoms. The maximum absolute atomic E-state index is 11.1. The van der Waals surface area contributed by atoms with Gasteiger partial charge in [-0.15, -0.1) is 0 Å². The highest BCUT2D eigenvalue weighted by Gasteiger charge is 2.32. The van der Waals surface area contributed by atoms with Crippen molar-refractivity contribution in [3.05, 3.63) is 140 Å². The van der Waals surface area contributed by atoms with E-state index in [0.717, 1.165) is 82.3 Å². The van der Waals surface area contributed by atoms with Gasteiger partial charge >= 0.3 is 11.9 Å². The lowest BCUT2D eigenvalue weighted by molar-refractivity contribution is -0.148. The van der Waals surface area contributed by atoms with E-state index in [0.29, 0.717) is 39.4 Å². The van der Waals surface area contributed by atoms with Crippen LogP contribution in [0.25, 0.3) is 0 Å². The van der Waals surface area contributed by atoms with Gasteiger partial charge in [-0.1, -0.05) is 130 Å². The van der Waals surface area contributed by atoms with Crippen LogP contribution in [-0.2, 0) is 51.9 Å². The zero-order chi connectivity index (χ0) is 51.3. The molecule has 0 amide bonds. The number of aliphatic carboxylic acids is 2. The summed E-state index contributed by atoms with van der Waals surface area (Å²) in [5.74, 6) is -0.253. The molecule has 4 aromatic rings. The average molecular weight is 967 g/mol. The average Bonchev–Trinajstić information content (AvgIpc) is 3.35. The van der Waals surface area contributed by atoms with Gasteiger partial charge in [-0.05, 0) is 151 Å². The Balaban J connectivity index is 0.000000228. The van der Waals surface area contributed by atoms with Gasteiger partial charge in [0, 0.05) is 38.3 Å². The van der Waals surface area contributed by atoms with E-state index < -0.39 is 11.9 Å². The number of carbonyl (C=O) groups excluding carboxylic acids is 1. The molecule has 71 heavy (non-hydrogen) atoms. The lowest BCUT2D eigenvalue weighted by Gasteiger charge is -2.37. The third kappa shape index (κ3) is 16.7. The summed E-state index contributed by atoms with van der Waals surface area (Å²) in [5.41, 5.74) is 16.1. The third-order valence-corrected chi connectivity index (χ3v) is 14.5. The summed E-state index contributed by atoms with van der Waals surface area (Å²) in [6.45, 7) is 18.4. The number of rotatable bonds is 17. The number of benzene rings is 4. The maximum atomic E-state index is 11.1. The molecular formula is C59H79BN4O7. The number of hydrogen-bond donors (Lipinski definition) is 3. The van der Waals surface area contributed by atoms with E-state index in [2.05, 4.69) is 111 Å². The van der Waals surface area contributed by atoms with Gasteiger partial charge in [0.05, 0.1) is 31.1 Å². The molecule has 12 heteroatoms. The highest BCUT2D eigenvalue weighted by molar-refractivity contribution is 6.05. The van der Waals surface area contributed by atoms with Gasteiger partial charge in [0.15, 0.2) is 0 Å². The van der Waals surface area contributed by atoms with Crippen LogP contribution in [-0.4, -0.2) is 78.8 Å². The fraction of sp³-hybridized carbons (Fsp3) is 0.508. The molecule has 2 radical (unpaired) electrons. The van der Waals surface area contributed by atoms with Crippen molar-refractivity contribution in [3.8, 4) is 0 Å². The molecule has 4 aromatic carbocycles. The molecule has 2 aliphatic carbocycles. The summed E-state index contributed by atoms with van der Waals surface area (Å²) in [7, 11) is 4.50. The molecule has 0 atom stereocenters. The first-order valence-electron chi connectivity index (χ1n) is 26.1. The fourth-order valence-electron chi connectivity index (χ4n) is 10.1. The van der Waals surface area contributed by atoms with Gasteiger partial charge in [-0.3, -0.25) is 19.3 Å². The van der Waals surface area contributed by atoms with Crippen LogP contribution < -0.4 is 5.32 Å². The van der Waals surface area contributed by atoms with Crippen LogP contribution in [0.5, 0.6) is 0 Å². The Morgan fingerprint density at radius 2 is 1.11 bits per heavy atom. The summed E-state index contributed by atoms with van der Waals surface area (Å²) in [6.07, 6.45) is 16.1. The predicted octanol–water partition coefficient (Wildman–Crippen LogP) is 11.9. The molecule has 2 saturated heterocycles. The zero-order valence-electron chi connectivity index (χ0n) is 43.6. The van der Waals surface area contributed by atoms with Gasteiger partial charge in [0.1, 0.15) is 19.5 Å². The number of carboxylic acid groups (broad SMARTS) is 2. The highest BCUT2D eigenvalue weighted by atomic mass is 16.6. The predicted molar refractivity (Wildman–Crippen MR) is 287 cm³/mol. The van der Waals surface area contributed by atoms with Crippen molar-refractivity contribution >= 4 is 37.5 Å². The Hall–Kier alpha value is -5.59. The standard InChI is InChI=1S/C29H38N2O3.C25H31NO2.C4H7NO2.CH3B/c1-4-23-15-25(11-12-26(23)16-31-17-27(18-31)29(32)33)21(3)30-34-19-22-10-13-28(20(2)14-22)24-8-6-5-7-9-24;1-4-21-15-23(11-12-24(21)16-27)19(3)26-28-17-20-10-13-25(18(2)14-20)22-8-6-5-7-9-22;6-4(7)3-1-5-2-3;1-2/h10-15,24,27H,4-9,16-19H2,1-3H3,(H,32,33);10-16,22H,4-9,17H2,1-3H3;3,5H,1-2H2,(H,6,7);1H3/b30-21+;26-19+;;. The minimum absolute atomic E-state index is 0.111. The molecule has 4 fully saturated rings. The first-order chi connectivity index (χ1) is 34.4. The van der Waals surface area contributed by atoms with Gasteiger partial charge in [-0.25, -0.2) is 0 Å². The highest BCUT2D eigenvalue weighted by Crippen LogP contribution is 2.36. The second-order valence-corrected chi connectivity index (χ2v) is 19.6. The van der Waals surface area contributed by atoms with E-state index in [1.807, 2.05) is 32.0 Å². The SMILES string of the molecule is CCc1cc(/C(C)=N/OCc2ccc(C3CCCCC3)c(C)c2)ccc1C=O.CCc1cc(/C(C)=N/OCc2ccc(C3CCCCC3)c(C)c2)ccc1CN1CC(C(=O)O)C1.O=C(O)C1CNC1.[B]C. The van der Waals surface area contributed by atoms with E-state index in [1.165, 1.54) is 104 Å². The topological polar surface area (TPSA) is 150 Å². The number of likely N-dealkylation sites (tertiary alicyclic amines) is 1. The molecule has 0 unspecified atom stereocenters.